The molecule has 0 unspecified atom stereocenters. The lowest BCUT2D eigenvalue weighted by Crippen LogP contribution is -2.37. The number of amides is 2. The molecule has 9 heteroatoms. The van der Waals surface area contributed by atoms with Gasteiger partial charge in [-0.3, -0.25) is 9.59 Å². The van der Waals surface area contributed by atoms with Gasteiger partial charge < -0.3 is 24.8 Å². The molecule has 0 bridgehead atoms. The zero-order valence-electron chi connectivity index (χ0n) is 17.1. The topological polar surface area (TPSA) is 85.9 Å². The number of nitrogens with one attached hydrogen (secondary N) is 2. The van der Waals surface area contributed by atoms with Crippen LogP contribution in [0, 0.1) is 5.82 Å². The molecule has 0 aromatic heterocycles. The van der Waals surface area contributed by atoms with Gasteiger partial charge >= 0.3 is 0 Å². The molecule has 0 aliphatic rings. The third-order valence-corrected chi connectivity index (χ3v) is 5.16. The smallest absolute Gasteiger partial charge is 0.251 e. The van der Waals surface area contributed by atoms with Crippen molar-refractivity contribution >= 4 is 23.6 Å². The summed E-state index contributed by atoms with van der Waals surface area (Å²) >= 11 is 1.58. The Bertz CT molecular complexity index is 836. The highest BCUT2D eigenvalue weighted by Crippen LogP contribution is 2.38. The zero-order valence-corrected chi connectivity index (χ0v) is 17.9. The molecule has 0 radical (unpaired) electrons. The van der Waals surface area contributed by atoms with Crippen LogP contribution in [0.25, 0.3) is 0 Å². The Hall–Kier alpha value is -2.94. The van der Waals surface area contributed by atoms with Crippen molar-refractivity contribution in [1.82, 2.24) is 10.6 Å². The summed E-state index contributed by atoms with van der Waals surface area (Å²) in [5.41, 5.74) is 0.285. The van der Waals surface area contributed by atoms with Crippen molar-refractivity contribution in [2.24, 2.45) is 0 Å². The molecule has 2 aromatic rings. The van der Waals surface area contributed by atoms with E-state index in [1.54, 1.807) is 23.9 Å². The zero-order chi connectivity index (χ0) is 21.9. The van der Waals surface area contributed by atoms with Crippen LogP contribution >= 0.6 is 11.8 Å². The average molecular weight is 437 g/mol. The molecule has 2 aromatic carbocycles. The molecule has 30 heavy (non-hydrogen) atoms. The maximum atomic E-state index is 12.9. The number of methoxy groups -OCH3 is 3. The number of benzene rings is 2. The molecule has 2 rings (SSSR count). The summed E-state index contributed by atoms with van der Waals surface area (Å²) in [5, 5.41) is 5.32. The molecule has 0 aliphatic heterocycles. The minimum Gasteiger partial charge on any atom is -0.493 e. The van der Waals surface area contributed by atoms with Gasteiger partial charge in [-0.05, 0) is 48.6 Å². The van der Waals surface area contributed by atoms with Crippen molar-refractivity contribution in [3.63, 3.8) is 0 Å². The predicted molar refractivity (Wildman–Crippen MR) is 113 cm³/mol. The molecule has 0 aliphatic carbocycles. The number of hydrogen-bond acceptors (Lipinski definition) is 6. The van der Waals surface area contributed by atoms with Crippen LogP contribution in [0.15, 0.2) is 41.3 Å². The van der Waals surface area contributed by atoms with E-state index in [1.807, 2.05) is 0 Å². The summed E-state index contributed by atoms with van der Waals surface area (Å²) in [4.78, 5) is 25.3. The van der Waals surface area contributed by atoms with Gasteiger partial charge in [0.25, 0.3) is 5.91 Å². The molecule has 0 spiro atoms. The lowest BCUT2D eigenvalue weighted by atomic mass is 10.1. The van der Waals surface area contributed by atoms with E-state index in [2.05, 4.69) is 10.6 Å². The fourth-order valence-corrected chi connectivity index (χ4v) is 3.41. The summed E-state index contributed by atoms with van der Waals surface area (Å²) < 4.78 is 28.5. The maximum absolute atomic E-state index is 12.9. The minimum atomic E-state index is -0.434. The van der Waals surface area contributed by atoms with E-state index in [9.17, 15) is 14.0 Å². The third-order valence-electron chi connectivity index (χ3n) is 4.06. The fraction of sp³-hybridized carbons (Fsp3) is 0.333. The number of hydrogen-bond donors (Lipinski definition) is 2. The first-order chi connectivity index (χ1) is 14.5. The van der Waals surface area contributed by atoms with Crippen molar-refractivity contribution < 1.29 is 28.2 Å². The van der Waals surface area contributed by atoms with Gasteiger partial charge in [-0.2, -0.15) is 0 Å². The van der Waals surface area contributed by atoms with Gasteiger partial charge in [-0.15, -0.1) is 11.8 Å². The Kier molecular flexibility index (Phi) is 9.27. The van der Waals surface area contributed by atoms with Crippen LogP contribution in [0.2, 0.25) is 0 Å². The van der Waals surface area contributed by atoms with Crippen LogP contribution in [-0.2, 0) is 4.79 Å². The number of halogens is 1. The van der Waals surface area contributed by atoms with Gasteiger partial charge in [0.2, 0.25) is 11.7 Å². The number of ether oxygens (including phenoxy) is 3. The molecule has 0 heterocycles. The SMILES string of the molecule is COc1cc(C(=O)NCC(=O)NCCCSc2ccc(F)cc2)cc(OC)c1OC. The van der Waals surface area contributed by atoms with E-state index in [1.165, 1.54) is 45.6 Å². The van der Waals surface area contributed by atoms with Crippen molar-refractivity contribution in [2.45, 2.75) is 11.3 Å². The largest absolute Gasteiger partial charge is 0.493 e. The van der Waals surface area contributed by atoms with Crippen LogP contribution in [-0.4, -0.2) is 52.0 Å². The number of carbonyl (C=O) groups is 2. The summed E-state index contributed by atoms with van der Waals surface area (Å²) in [6, 6.07) is 9.30. The van der Waals surface area contributed by atoms with E-state index in [0.717, 1.165) is 17.1 Å². The van der Waals surface area contributed by atoms with Crippen molar-refractivity contribution in [2.75, 3.05) is 40.2 Å². The van der Waals surface area contributed by atoms with E-state index in [0.29, 0.717) is 23.8 Å². The molecule has 0 fully saturated rings. The molecule has 0 saturated heterocycles. The first kappa shape index (κ1) is 23.3. The molecule has 162 valence electrons. The number of thioether (sulfide) groups is 1. The minimum absolute atomic E-state index is 0.152. The summed E-state index contributed by atoms with van der Waals surface area (Å²) in [6.07, 6.45) is 0.745. The molecule has 7 nitrogen and oxygen atoms in total. The summed E-state index contributed by atoms with van der Waals surface area (Å²) in [5.74, 6) is 0.881. The molecule has 0 atom stereocenters. The molecule has 0 saturated carbocycles. The van der Waals surface area contributed by atoms with Gasteiger partial charge in [0.1, 0.15) is 5.82 Å². The summed E-state index contributed by atoms with van der Waals surface area (Å²) in [7, 11) is 4.39. The lowest BCUT2D eigenvalue weighted by Gasteiger charge is -2.14. The molecule has 2 amide bonds. The maximum Gasteiger partial charge on any atom is 0.251 e. The molecular formula is C21H25FN2O5S. The van der Waals surface area contributed by atoms with Crippen molar-refractivity contribution in [1.29, 1.82) is 0 Å². The predicted octanol–water partition coefficient (Wildman–Crippen LogP) is 2.88. The van der Waals surface area contributed by atoms with Gasteiger partial charge in [0.15, 0.2) is 11.5 Å². The summed E-state index contributed by atoms with van der Waals surface area (Å²) in [6.45, 7) is 0.327. The van der Waals surface area contributed by atoms with Crippen LogP contribution in [0.4, 0.5) is 4.39 Å². The van der Waals surface area contributed by atoms with E-state index >= 15 is 0 Å². The Labute approximate surface area is 179 Å². The van der Waals surface area contributed by atoms with E-state index in [4.69, 9.17) is 14.2 Å². The second-order valence-electron chi connectivity index (χ2n) is 6.10. The van der Waals surface area contributed by atoms with Crippen molar-refractivity contribution in [3.05, 3.63) is 47.8 Å². The van der Waals surface area contributed by atoms with Gasteiger partial charge in [-0.1, -0.05) is 0 Å². The first-order valence-electron chi connectivity index (χ1n) is 9.21. The highest BCUT2D eigenvalue weighted by Gasteiger charge is 2.17. The molecular weight excluding hydrogens is 411 g/mol. The van der Waals surface area contributed by atoms with E-state index < -0.39 is 5.91 Å². The second-order valence-corrected chi connectivity index (χ2v) is 7.27. The monoisotopic (exact) mass is 436 g/mol. The van der Waals surface area contributed by atoms with Gasteiger partial charge in [0, 0.05) is 17.0 Å². The van der Waals surface area contributed by atoms with Gasteiger partial charge in [0.05, 0.1) is 27.9 Å². The first-order valence-corrected chi connectivity index (χ1v) is 10.2. The second kappa shape index (κ2) is 11.9. The van der Waals surface area contributed by atoms with Crippen molar-refractivity contribution in [3.8, 4) is 17.2 Å². The highest BCUT2D eigenvalue weighted by molar-refractivity contribution is 7.99. The van der Waals surface area contributed by atoms with Crippen LogP contribution < -0.4 is 24.8 Å². The van der Waals surface area contributed by atoms with Crippen LogP contribution in [0.3, 0.4) is 0 Å². The average Bonchev–Trinajstić information content (AvgIpc) is 2.77. The normalized spacial score (nSPS) is 10.3. The van der Waals surface area contributed by atoms with E-state index in [-0.39, 0.29) is 23.8 Å². The standard InChI is InChI=1S/C21H25FN2O5S/c1-27-17-11-14(12-18(28-2)20(17)29-3)21(26)24-13-19(25)23-9-4-10-30-16-7-5-15(22)6-8-16/h5-8,11-12H,4,9-10,13H2,1-3H3,(H,23,25)(H,24,26). The highest BCUT2D eigenvalue weighted by atomic mass is 32.2. The third kappa shape index (κ3) is 6.84. The van der Waals surface area contributed by atoms with Gasteiger partial charge in [-0.25, -0.2) is 4.39 Å². The Morgan fingerprint density at radius 2 is 1.60 bits per heavy atom. The van der Waals surface area contributed by atoms with Crippen LogP contribution in [0.5, 0.6) is 17.2 Å². The quantitative estimate of drug-likeness (QED) is 0.416. The van der Waals surface area contributed by atoms with Crippen LogP contribution in [0.1, 0.15) is 16.8 Å². The lowest BCUT2D eigenvalue weighted by molar-refractivity contribution is -0.120. The molecule has 2 N–H and O–H groups in total. The Balaban J connectivity index is 1.75. The number of carbonyl (C=O) groups excluding carboxylic acids is 2. The Morgan fingerprint density at radius 1 is 0.967 bits per heavy atom. The fourth-order valence-electron chi connectivity index (χ4n) is 2.56. The number of rotatable bonds is 11. The Morgan fingerprint density at radius 3 is 2.17 bits per heavy atom.